The molecule has 5 heterocycles. The average molecular weight is 553 g/mol. The van der Waals surface area contributed by atoms with Gasteiger partial charge < -0.3 is 15.3 Å². The van der Waals surface area contributed by atoms with E-state index in [-0.39, 0.29) is 11.7 Å². The number of aromatic nitrogens is 2. The number of aliphatic imine (C=N–C) groups is 4. The molecule has 0 saturated carbocycles. The van der Waals surface area contributed by atoms with Crippen LogP contribution in [0, 0.1) is 5.82 Å². The predicted octanol–water partition coefficient (Wildman–Crippen LogP) is 7.28. The van der Waals surface area contributed by atoms with Gasteiger partial charge in [0.05, 0.1) is 0 Å². The van der Waals surface area contributed by atoms with Crippen molar-refractivity contribution < 1.29 is 8.87 Å². The Bertz CT molecular complexity index is 2270. The van der Waals surface area contributed by atoms with Crippen molar-refractivity contribution in [3.8, 4) is 0 Å². The summed E-state index contributed by atoms with van der Waals surface area (Å²) in [6.45, 7) is 0. The number of halogens is 2. The molecule has 3 aliphatic rings. The van der Waals surface area contributed by atoms with Crippen LogP contribution in [0.4, 0.5) is 32.1 Å². The Balaban J connectivity index is 1.37. The molecule has 200 valence electrons. The molecule has 0 aliphatic carbocycles. The smallest absolute Gasteiger partial charge is 0.175 e. The standard InChI is InChI=1S/C32H18F2N8/c33-16-13-14-22-24(15-16)32-41-30(22)39-28-20-10-4-2-8-18(20)26(37-28)35-25-17-7-1-3-9-19(17)27(36-25)38-29-21-11-5-6-12-23(21)31(40-29)42(32)34/h1-15,36,41H,(H,35,37,39)/b38-29-. The molecule has 10 heteroatoms. The van der Waals surface area contributed by atoms with E-state index in [2.05, 4.69) is 20.3 Å². The van der Waals surface area contributed by atoms with Crippen molar-refractivity contribution in [3.63, 3.8) is 0 Å². The van der Waals surface area contributed by atoms with Gasteiger partial charge in [-0.3, -0.25) is 0 Å². The topological polar surface area (TPSA) is 96.3 Å². The van der Waals surface area contributed by atoms with E-state index >= 15 is 4.48 Å². The molecule has 3 N–H and O–H groups in total. The molecule has 42 heavy (non-hydrogen) atoms. The number of nitrogens with zero attached hydrogens (tertiary/aromatic N) is 5. The van der Waals surface area contributed by atoms with E-state index in [1.54, 1.807) is 12.1 Å². The first-order chi connectivity index (χ1) is 20.6. The highest BCUT2D eigenvalue weighted by atomic mass is 19.2. The van der Waals surface area contributed by atoms with Gasteiger partial charge in [-0.1, -0.05) is 77.3 Å². The van der Waals surface area contributed by atoms with E-state index in [0.717, 1.165) is 21.9 Å². The van der Waals surface area contributed by atoms with E-state index in [1.165, 1.54) is 12.1 Å². The lowest BCUT2D eigenvalue weighted by molar-refractivity contribution is 0.518. The van der Waals surface area contributed by atoms with Crippen molar-refractivity contribution in [1.82, 2.24) is 9.97 Å². The summed E-state index contributed by atoms with van der Waals surface area (Å²) >= 11 is 0. The monoisotopic (exact) mass is 552 g/mol. The van der Waals surface area contributed by atoms with Crippen molar-refractivity contribution in [2.75, 3.05) is 10.4 Å². The molecule has 9 rings (SSSR count). The van der Waals surface area contributed by atoms with Gasteiger partial charge in [0.15, 0.2) is 23.3 Å². The zero-order valence-corrected chi connectivity index (χ0v) is 21.7. The SMILES string of the molecule is Fc1ccc2c3[nH]c(c2c1)N(F)C1=N/C(=N\c2[nH]c(c4ccccc24)NC2=N/C(=N\3)c3ccccc32)c2ccccc21. The quantitative estimate of drug-likeness (QED) is 0.173. The van der Waals surface area contributed by atoms with E-state index in [9.17, 15) is 4.39 Å². The Labute approximate surface area is 236 Å². The van der Waals surface area contributed by atoms with Gasteiger partial charge in [-0.15, -0.1) is 5.12 Å². The lowest BCUT2D eigenvalue weighted by Gasteiger charge is -2.13. The third-order valence-electron chi connectivity index (χ3n) is 7.75. The highest BCUT2D eigenvalue weighted by molar-refractivity contribution is 6.29. The molecule has 0 radical (unpaired) electrons. The molecule has 0 fully saturated rings. The van der Waals surface area contributed by atoms with Crippen molar-refractivity contribution in [1.29, 1.82) is 0 Å². The Morgan fingerprint density at radius 2 is 1.19 bits per heavy atom. The van der Waals surface area contributed by atoms with Crippen molar-refractivity contribution in [2.45, 2.75) is 0 Å². The second-order valence-electron chi connectivity index (χ2n) is 10.2. The van der Waals surface area contributed by atoms with Gasteiger partial charge in [-0.05, 0) is 18.2 Å². The molecular formula is C32H18F2N8. The molecule has 0 amide bonds. The first-order valence-corrected chi connectivity index (χ1v) is 13.3. The van der Waals surface area contributed by atoms with Gasteiger partial charge in [0.1, 0.15) is 29.1 Å². The largest absolute Gasteiger partial charge is 0.325 e. The Kier molecular flexibility index (Phi) is 4.52. The van der Waals surface area contributed by atoms with Crippen LogP contribution in [0.1, 0.15) is 22.3 Å². The van der Waals surface area contributed by atoms with Crippen LogP contribution >= 0.6 is 0 Å². The summed E-state index contributed by atoms with van der Waals surface area (Å²) < 4.78 is 31.0. The second kappa shape index (κ2) is 8.31. The number of anilines is 2. The molecule has 8 bridgehead atoms. The maximum atomic E-state index is 16.5. The third-order valence-corrected chi connectivity index (χ3v) is 7.75. The van der Waals surface area contributed by atoms with Crippen molar-refractivity contribution >= 4 is 68.2 Å². The molecule has 6 aromatic rings. The minimum absolute atomic E-state index is 0.00645. The number of nitrogens with one attached hydrogen (secondary N) is 3. The minimum atomic E-state index is -0.498. The molecule has 8 nitrogen and oxygen atoms in total. The fraction of sp³-hybridized carbons (Fsp3) is 0. The van der Waals surface area contributed by atoms with Gasteiger partial charge >= 0.3 is 0 Å². The van der Waals surface area contributed by atoms with Gasteiger partial charge in [0.25, 0.3) is 0 Å². The highest BCUT2D eigenvalue weighted by Crippen LogP contribution is 2.39. The third kappa shape index (κ3) is 3.20. The summed E-state index contributed by atoms with van der Waals surface area (Å²) in [6.07, 6.45) is 0. The van der Waals surface area contributed by atoms with Crippen LogP contribution in [0.5, 0.6) is 0 Å². The summed E-state index contributed by atoms with van der Waals surface area (Å²) in [5.74, 6) is 2.54. The van der Waals surface area contributed by atoms with Crippen LogP contribution in [0.25, 0.3) is 21.5 Å². The molecule has 3 aliphatic heterocycles. The Morgan fingerprint density at radius 1 is 0.571 bits per heavy atom. The van der Waals surface area contributed by atoms with Crippen LogP contribution in [0.15, 0.2) is 111 Å². The van der Waals surface area contributed by atoms with Crippen LogP contribution in [0.2, 0.25) is 0 Å². The van der Waals surface area contributed by atoms with Gasteiger partial charge in [0.2, 0.25) is 0 Å². The first-order valence-electron chi connectivity index (χ1n) is 13.3. The number of hydrogen-bond acceptors (Lipinski definition) is 6. The van der Waals surface area contributed by atoms with Crippen LogP contribution in [-0.4, -0.2) is 33.3 Å². The summed E-state index contributed by atoms with van der Waals surface area (Å²) in [7, 11) is 0. The van der Waals surface area contributed by atoms with E-state index < -0.39 is 5.82 Å². The Hall–Kier alpha value is -5.90. The molecule has 2 aromatic heterocycles. The average Bonchev–Trinajstić information content (AvgIpc) is 3.75. The fourth-order valence-electron chi connectivity index (χ4n) is 5.81. The normalized spacial score (nSPS) is 17.6. The lowest BCUT2D eigenvalue weighted by atomic mass is 10.1. The molecule has 0 unspecified atom stereocenters. The maximum Gasteiger partial charge on any atom is 0.175 e. The number of rotatable bonds is 0. The number of benzene rings is 4. The molecule has 0 atom stereocenters. The second-order valence-corrected chi connectivity index (χ2v) is 10.2. The molecule has 0 spiro atoms. The van der Waals surface area contributed by atoms with E-state index in [4.69, 9.17) is 15.0 Å². The maximum absolute atomic E-state index is 16.5. The molecule has 0 saturated heterocycles. The number of fused-ring (bicyclic) bond motifs is 18. The van der Waals surface area contributed by atoms with E-state index in [0.29, 0.717) is 62.0 Å². The number of hydrogen-bond donors (Lipinski definition) is 3. The van der Waals surface area contributed by atoms with Gasteiger partial charge in [0, 0.05) is 43.8 Å². The molecular weight excluding hydrogens is 534 g/mol. The van der Waals surface area contributed by atoms with Crippen molar-refractivity contribution in [3.05, 3.63) is 119 Å². The van der Waals surface area contributed by atoms with Crippen molar-refractivity contribution in [2.24, 2.45) is 20.0 Å². The van der Waals surface area contributed by atoms with Crippen LogP contribution < -0.4 is 10.4 Å². The lowest BCUT2D eigenvalue weighted by Crippen LogP contribution is -2.22. The molecule has 4 aromatic carbocycles. The number of amidine groups is 4. The summed E-state index contributed by atoms with van der Waals surface area (Å²) in [4.78, 5) is 25.7. The first kappa shape index (κ1) is 22.9. The van der Waals surface area contributed by atoms with Gasteiger partial charge in [-0.25, -0.2) is 24.4 Å². The number of aromatic amines is 2. The van der Waals surface area contributed by atoms with Gasteiger partial charge in [-0.2, -0.15) is 0 Å². The zero-order chi connectivity index (χ0) is 27.9. The zero-order valence-electron chi connectivity index (χ0n) is 21.7. The predicted molar refractivity (Wildman–Crippen MR) is 162 cm³/mol. The van der Waals surface area contributed by atoms with Crippen LogP contribution in [0.3, 0.4) is 0 Å². The minimum Gasteiger partial charge on any atom is -0.325 e. The van der Waals surface area contributed by atoms with E-state index in [1.807, 2.05) is 66.7 Å². The Morgan fingerprint density at radius 3 is 2.00 bits per heavy atom. The van der Waals surface area contributed by atoms with Crippen LogP contribution in [-0.2, 0) is 0 Å². The highest BCUT2D eigenvalue weighted by Gasteiger charge is 2.31. The fourth-order valence-corrected chi connectivity index (χ4v) is 5.81. The number of H-pyrrole nitrogens is 2. The summed E-state index contributed by atoms with van der Waals surface area (Å²) in [5.41, 5.74) is 2.90. The summed E-state index contributed by atoms with van der Waals surface area (Å²) in [5, 5.41) is 6.55. The summed E-state index contributed by atoms with van der Waals surface area (Å²) in [6, 6.07) is 27.1.